The van der Waals surface area contributed by atoms with Crippen LogP contribution in [-0.4, -0.2) is 115 Å². The van der Waals surface area contributed by atoms with Crippen molar-refractivity contribution in [3.8, 4) is 11.5 Å². The van der Waals surface area contributed by atoms with Crippen molar-refractivity contribution < 1.29 is 37.8 Å². The van der Waals surface area contributed by atoms with Gasteiger partial charge in [0.25, 0.3) is 0 Å². The third-order valence-electron chi connectivity index (χ3n) is 12.5. The molecule has 1 aromatic heterocycles. The quantitative estimate of drug-likeness (QED) is 0.0546. The van der Waals surface area contributed by atoms with E-state index in [2.05, 4.69) is 31.6 Å². The Bertz CT molecular complexity index is 2530. The van der Waals surface area contributed by atoms with Crippen LogP contribution in [0.1, 0.15) is 75.0 Å². The molecular weight excluding hydrogens is 951 g/mol. The van der Waals surface area contributed by atoms with Crippen LogP contribution in [0.4, 0.5) is 4.39 Å². The van der Waals surface area contributed by atoms with Gasteiger partial charge in [-0.3, -0.25) is 24.2 Å². The van der Waals surface area contributed by atoms with E-state index in [4.69, 9.17) is 37.4 Å². The van der Waals surface area contributed by atoms with Gasteiger partial charge in [-0.15, -0.1) is 0 Å². The minimum Gasteiger partial charge on any atom is -0.460 e. The topological polar surface area (TPSA) is 175 Å². The van der Waals surface area contributed by atoms with Crippen LogP contribution in [0.25, 0.3) is 5.70 Å². The molecule has 0 spiro atoms. The van der Waals surface area contributed by atoms with Crippen LogP contribution >= 0.6 is 23.2 Å². The molecule has 4 aromatic rings. The van der Waals surface area contributed by atoms with Gasteiger partial charge in [-0.1, -0.05) is 41.4 Å². The lowest BCUT2D eigenvalue weighted by Gasteiger charge is -2.49. The van der Waals surface area contributed by atoms with Crippen LogP contribution in [0.3, 0.4) is 0 Å². The second kappa shape index (κ2) is 24.6. The Balaban J connectivity index is 1.18. The van der Waals surface area contributed by atoms with Gasteiger partial charge in [0.2, 0.25) is 17.7 Å². The second-order valence-electron chi connectivity index (χ2n) is 19.3. The number of esters is 1. The third-order valence-corrected chi connectivity index (χ3v) is 13.0. The highest BCUT2D eigenvalue weighted by molar-refractivity contribution is 6.31. The summed E-state index contributed by atoms with van der Waals surface area (Å²) in [6, 6.07) is 20.9. The number of aromatic nitrogens is 1. The molecule has 1 unspecified atom stereocenters. The lowest BCUT2D eigenvalue weighted by molar-refractivity contribution is -0.159. The number of pyridine rings is 1. The number of carbonyl (C=O) groups excluding carboxylic acids is 4. The Morgan fingerprint density at radius 3 is 2.44 bits per heavy atom. The number of methoxy groups -OCH3 is 1. The number of nitrogens with one attached hydrogen (secondary N) is 5. The van der Waals surface area contributed by atoms with E-state index in [0.29, 0.717) is 42.3 Å². The van der Waals surface area contributed by atoms with Gasteiger partial charge in [0, 0.05) is 80.0 Å². The average Bonchev–Trinajstić information content (AvgIpc) is 3.79. The van der Waals surface area contributed by atoms with Gasteiger partial charge in [-0.25, -0.2) is 4.39 Å². The zero-order valence-corrected chi connectivity index (χ0v) is 43.3. The van der Waals surface area contributed by atoms with E-state index < -0.39 is 52.7 Å². The summed E-state index contributed by atoms with van der Waals surface area (Å²) in [5.41, 5.74) is 2.62. The van der Waals surface area contributed by atoms with E-state index in [9.17, 15) is 19.2 Å². The molecule has 0 saturated carbocycles. The standard InChI is InChI=1S/C53H67Cl2FN8O7/c1-33-11-9-12-40(60-33)23-37(24-48(65)71-52(3,4)5)50(67)64-22-10-21-53(32-64,27-35-13-17-38(54)18-14-35)63(7)51(68)45(31-69-8)62-49(66)34(2)58-28-42-43(56)25-39(55)26-46(42)70-41-19-15-36(16-20-41)44-29-59-47(61-44)30-57-6/h9,11-20,25-26,29,34,37,45,47,57-59,61H,10,21-24,27-28,30-32H2,1-8H3,(H,62,66)/t34-,37+,45-,47?,53+/m0/s1. The summed E-state index contributed by atoms with van der Waals surface area (Å²) in [5, 5.41) is 16.4. The number of hydrogen-bond donors (Lipinski definition) is 5. The summed E-state index contributed by atoms with van der Waals surface area (Å²) in [5.74, 6) is -2.53. The zero-order chi connectivity index (χ0) is 51.5. The number of likely N-dealkylation sites (N-methyl/N-ethyl adjacent to an activating group) is 2. The summed E-state index contributed by atoms with van der Waals surface area (Å²) in [6.07, 6.45) is 3.44. The first kappa shape index (κ1) is 54.6. The van der Waals surface area contributed by atoms with Crippen molar-refractivity contribution in [1.29, 1.82) is 0 Å². The van der Waals surface area contributed by atoms with Crippen LogP contribution in [-0.2, 0) is 48.0 Å². The molecular formula is C53H67Cl2FN8O7. The van der Waals surface area contributed by atoms with Crippen molar-refractivity contribution in [2.45, 2.75) is 103 Å². The number of carbonyl (C=O) groups is 4. The van der Waals surface area contributed by atoms with Crippen LogP contribution in [0.2, 0.25) is 10.0 Å². The molecule has 2 aliphatic heterocycles. The summed E-state index contributed by atoms with van der Waals surface area (Å²) in [6.45, 7) is 9.81. The lowest BCUT2D eigenvalue weighted by atomic mass is 9.80. The van der Waals surface area contributed by atoms with Crippen molar-refractivity contribution in [2.75, 3.05) is 47.4 Å². The Morgan fingerprint density at radius 1 is 1.03 bits per heavy atom. The fourth-order valence-corrected chi connectivity index (χ4v) is 9.26. The maximum absolute atomic E-state index is 15.6. The largest absolute Gasteiger partial charge is 0.460 e. The molecule has 3 heterocycles. The predicted molar refractivity (Wildman–Crippen MR) is 273 cm³/mol. The minimum absolute atomic E-state index is 0.0597. The molecule has 0 aliphatic carbocycles. The van der Waals surface area contributed by atoms with E-state index in [0.717, 1.165) is 29.1 Å². The number of amides is 3. The molecule has 3 aromatic carbocycles. The Hall–Kier alpha value is -5.78. The normalized spacial score (nSPS) is 18.0. The second-order valence-corrected chi connectivity index (χ2v) is 20.2. The SMILES string of the molecule is CNCC1NC=C(c2ccc(Oc3cc(Cl)cc(F)c3CN[C@@H](C)C(=O)N[C@@H](COC)C(=O)N(C)[C@@]3(Cc4ccc(Cl)cc4)CCCN(C(=O)[C@@H](CC(=O)OC(C)(C)C)Cc4cccc(C)n4)C3)cc2)N1. The molecule has 1 fully saturated rings. The van der Waals surface area contributed by atoms with Crippen molar-refractivity contribution >= 4 is 52.6 Å². The maximum Gasteiger partial charge on any atom is 0.307 e. The van der Waals surface area contributed by atoms with Crippen molar-refractivity contribution in [1.82, 2.24) is 41.4 Å². The lowest BCUT2D eigenvalue weighted by Crippen LogP contribution is -2.65. The van der Waals surface area contributed by atoms with E-state index in [1.165, 1.54) is 19.2 Å². The number of nitrogens with zero attached hydrogens (tertiary/aromatic N) is 3. The van der Waals surface area contributed by atoms with Gasteiger partial charge in [-0.2, -0.15) is 0 Å². The van der Waals surface area contributed by atoms with Gasteiger partial charge in [0.15, 0.2) is 0 Å². The van der Waals surface area contributed by atoms with E-state index >= 15 is 4.39 Å². The van der Waals surface area contributed by atoms with Gasteiger partial charge in [0.05, 0.1) is 36.2 Å². The minimum atomic E-state index is -1.14. The highest BCUT2D eigenvalue weighted by Crippen LogP contribution is 2.35. The molecule has 18 heteroatoms. The first-order valence-corrected chi connectivity index (χ1v) is 24.6. The van der Waals surface area contributed by atoms with E-state index in [1.54, 1.807) is 68.8 Å². The third kappa shape index (κ3) is 15.1. The molecule has 6 rings (SSSR count). The number of piperidine rings is 1. The van der Waals surface area contributed by atoms with Crippen LogP contribution in [0.15, 0.2) is 85.1 Å². The zero-order valence-electron chi connectivity index (χ0n) is 41.8. The van der Waals surface area contributed by atoms with Gasteiger partial charge >= 0.3 is 5.97 Å². The Morgan fingerprint density at radius 2 is 1.76 bits per heavy atom. The van der Waals surface area contributed by atoms with E-state index in [-0.39, 0.29) is 60.9 Å². The first-order valence-electron chi connectivity index (χ1n) is 23.9. The van der Waals surface area contributed by atoms with Crippen molar-refractivity contribution in [2.24, 2.45) is 5.92 Å². The van der Waals surface area contributed by atoms with Crippen molar-refractivity contribution in [3.05, 3.63) is 129 Å². The van der Waals surface area contributed by atoms with Gasteiger partial charge in [0.1, 0.15) is 35.1 Å². The molecule has 0 radical (unpaired) electrons. The Kier molecular flexibility index (Phi) is 18.9. The smallest absolute Gasteiger partial charge is 0.307 e. The molecule has 1 saturated heterocycles. The molecule has 0 bridgehead atoms. The summed E-state index contributed by atoms with van der Waals surface area (Å²) in [7, 11) is 4.99. The Labute approximate surface area is 426 Å². The summed E-state index contributed by atoms with van der Waals surface area (Å²) in [4.78, 5) is 64.9. The number of benzene rings is 3. The maximum atomic E-state index is 15.6. The number of hydrogen-bond acceptors (Lipinski definition) is 12. The molecule has 382 valence electrons. The number of halogens is 3. The van der Waals surface area contributed by atoms with Crippen LogP contribution < -0.4 is 31.3 Å². The molecule has 3 amide bonds. The number of likely N-dealkylation sites (tertiary alicyclic amines) is 1. The van der Waals surface area contributed by atoms with Gasteiger partial charge < -0.3 is 50.6 Å². The average molecular weight is 1020 g/mol. The fourth-order valence-electron chi connectivity index (χ4n) is 8.94. The molecule has 2 aliphatic rings. The molecule has 5 atom stereocenters. The number of rotatable bonds is 21. The molecule has 71 heavy (non-hydrogen) atoms. The number of ether oxygens (including phenoxy) is 3. The molecule has 15 nitrogen and oxygen atoms in total. The van der Waals surface area contributed by atoms with Gasteiger partial charge in [-0.05, 0) is 133 Å². The summed E-state index contributed by atoms with van der Waals surface area (Å²) < 4.78 is 33.0. The first-order chi connectivity index (χ1) is 33.8. The monoisotopic (exact) mass is 1020 g/mol. The van der Waals surface area contributed by atoms with Crippen LogP contribution in [0, 0.1) is 18.7 Å². The summed E-state index contributed by atoms with van der Waals surface area (Å²) >= 11 is 12.6. The fraction of sp³-hybridized carbons (Fsp3) is 0.453. The van der Waals surface area contributed by atoms with Crippen LogP contribution in [0.5, 0.6) is 11.5 Å². The van der Waals surface area contributed by atoms with Crippen molar-refractivity contribution in [3.63, 3.8) is 0 Å². The number of aryl methyl sites for hydroxylation is 1. The van der Waals surface area contributed by atoms with E-state index in [1.807, 2.05) is 62.6 Å². The predicted octanol–water partition coefficient (Wildman–Crippen LogP) is 6.93. The highest BCUT2D eigenvalue weighted by Gasteiger charge is 2.45. The molecule has 5 N–H and O–H groups in total. The highest BCUT2D eigenvalue weighted by atomic mass is 35.5.